The molecule has 2 aromatic carbocycles. The number of hydrogen-bond donors (Lipinski definition) is 0. The van der Waals surface area contributed by atoms with E-state index in [1.54, 1.807) is 24.3 Å². The number of benzene rings is 2. The molecular weight excluding hydrogens is 322 g/mol. The van der Waals surface area contributed by atoms with Gasteiger partial charge in [0.2, 0.25) is 0 Å². The third-order valence-corrected chi connectivity index (χ3v) is 3.14. The quantitative estimate of drug-likeness (QED) is 0.600. The molecule has 0 aliphatic rings. The Hall–Kier alpha value is -1.39. The summed E-state index contributed by atoms with van der Waals surface area (Å²) in [5.74, 6) is -0.770. The maximum atomic E-state index is 12.9. The first-order valence-electron chi connectivity index (χ1n) is 4.99. The first-order chi connectivity index (χ1) is 8.58. The van der Waals surface area contributed by atoms with E-state index in [9.17, 15) is 9.18 Å². The van der Waals surface area contributed by atoms with E-state index in [1.807, 2.05) is 0 Å². The Bertz CT molecular complexity index is 601. The van der Waals surface area contributed by atoms with Gasteiger partial charge in [-0.3, -0.25) is 0 Å². The average Bonchev–Trinajstić information content (AvgIpc) is 2.33. The van der Waals surface area contributed by atoms with E-state index in [-0.39, 0.29) is 11.3 Å². The molecule has 0 spiro atoms. The average molecular weight is 330 g/mol. The van der Waals surface area contributed by atoms with E-state index in [0.29, 0.717) is 9.50 Å². The van der Waals surface area contributed by atoms with Crippen LogP contribution >= 0.6 is 27.5 Å². The molecule has 5 heteroatoms. The summed E-state index contributed by atoms with van der Waals surface area (Å²) in [7, 11) is 0. The number of rotatable bonds is 2. The third kappa shape index (κ3) is 2.89. The van der Waals surface area contributed by atoms with Crippen molar-refractivity contribution in [2.24, 2.45) is 0 Å². The second-order valence-corrected chi connectivity index (χ2v) is 4.71. The highest BCUT2D eigenvalue weighted by Gasteiger charge is 2.13. The summed E-state index contributed by atoms with van der Waals surface area (Å²) in [6, 6.07) is 10.3. The molecule has 0 amide bonds. The fraction of sp³-hybridized carbons (Fsp3) is 0. The van der Waals surface area contributed by atoms with E-state index in [0.717, 1.165) is 0 Å². The topological polar surface area (TPSA) is 26.3 Å². The van der Waals surface area contributed by atoms with Crippen LogP contribution in [0.4, 0.5) is 4.39 Å². The predicted octanol–water partition coefficient (Wildman–Crippen LogP) is 4.46. The van der Waals surface area contributed by atoms with E-state index >= 15 is 0 Å². The van der Waals surface area contributed by atoms with Gasteiger partial charge in [-0.05, 0) is 46.3 Å². The fourth-order valence-corrected chi connectivity index (χ4v) is 1.98. The van der Waals surface area contributed by atoms with Gasteiger partial charge in [0.1, 0.15) is 11.6 Å². The Labute approximate surface area is 116 Å². The van der Waals surface area contributed by atoms with Gasteiger partial charge in [0.05, 0.1) is 15.1 Å². The standard InChI is InChI=1S/C13H7BrClFO2/c14-10-7-8(16)5-6-12(10)18-13(17)9-3-1-2-4-11(9)15/h1-7H. The lowest BCUT2D eigenvalue weighted by molar-refractivity contribution is 0.0733. The van der Waals surface area contributed by atoms with Gasteiger partial charge in [0, 0.05) is 0 Å². The van der Waals surface area contributed by atoms with E-state index in [4.69, 9.17) is 16.3 Å². The molecule has 0 aliphatic carbocycles. The molecular formula is C13H7BrClFO2. The van der Waals surface area contributed by atoms with Crippen LogP contribution in [0.1, 0.15) is 10.4 Å². The first kappa shape index (κ1) is 13.1. The minimum absolute atomic E-state index is 0.237. The lowest BCUT2D eigenvalue weighted by atomic mass is 10.2. The summed E-state index contributed by atoms with van der Waals surface area (Å²) in [5.41, 5.74) is 0.260. The number of hydrogen-bond acceptors (Lipinski definition) is 2. The maximum Gasteiger partial charge on any atom is 0.345 e. The van der Waals surface area contributed by atoms with Gasteiger partial charge in [0.25, 0.3) is 0 Å². The number of carbonyl (C=O) groups excluding carboxylic acids is 1. The van der Waals surface area contributed by atoms with Gasteiger partial charge in [-0.15, -0.1) is 0 Å². The third-order valence-electron chi connectivity index (χ3n) is 2.19. The fourth-order valence-electron chi connectivity index (χ4n) is 1.34. The number of esters is 1. The minimum atomic E-state index is -0.590. The number of carbonyl (C=O) groups is 1. The first-order valence-corrected chi connectivity index (χ1v) is 6.17. The van der Waals surface area contributed by atoms with Crippen LogP contribution in [0.2, 0.25) is 5.02 Å². The summed E-state index contributed by atoms with van der Waals surface area (Å²) in [4.78, 5) is 11.9. The van der Waals surface area contributed by atoms with Crippen LogP contribution in [0.3, 0.4) is 0 Å². The smallest absolute Gasteiger partial charge is 0.345 e. The number of ether oxygens (including phenoxy) is 1. The summed E-state index contributed by atoms with van der Waals surface area (Å²) in [6.07, 6.45) is 0. The Balaban J connectivity index is 2.24. The van der Waals surface area contributed by atoms with Crippen molar-refractivity contribution in [1.82, 2.24) is 0 Å². The second-order valence-electron chi connectivity index (χ2n) is 3.44. The van der Waals surface area contributed by atoms with Gasteiger partial charge < -0.3 is 4.74 Å². The normalized spacial score (nSPS) is 10.2. The molecule has 2 aromatic rings. The minimum Gasteiger partial charge on any atom is -0.422 e. The lowest BCUT2D eigenvalue weighted by Gasteiger charge is -2.07. The molecule has 92 valence electrons. The summed E-state index contributed by atoms with van der Waals surface area (Å²) in [6.45, 7) is 0. The largest absolute Gasteiger partial charge is 0.422 e. The lowest BCUT2D eigenvalue weighted by Crippen LogP contribution is -2.09. The van der Waals surface area contributed by atoms with E-state index in [1.165, 1.54) is 18.2 Å². The van der Waals surface area contributed by atoms with Crippen LogP contribution in [0.25, 0.3) is 0 Å². The molecule has 0 radical (unpaired) electrons. The zero-order chi connectivity index (χ0) is 13.1. The van der Waals surface area contributed by atoms with Gasteiger partial charge in [-0.25, -0.2) is 9.18 Å². The van der Waals surface area contributed by atoms with Crippen molar-refractivity contribution in [1.29, 1.82) is 0 Å². The molecule has 0 saturated heterocycles. The molecule has 18 heavy (non-hydrogen) atoms. The summed E-state index contributed by atoms with van der Waals surface area (Å²) < 4.78 is 18.4. The Kier molecular flexibility index (Phi) is 3.99. The molecule has 0 aromatic heterocycles. The molecule has 0 unspecified atom stereocenters. The van der Waals surface area contributed by atoms with Crippen molar-refractivity contribution >= 4 is 33.5 Å². The van der Waals surface area contributed by atoms with E-state index < -0.39 is 11.8 Å². The van der Waals surface area contributed by atoms with Crippen LogP contribution in [0, 0.1) is 5.82 Å². The predicted molar refractivity (Wildman–Crippen MR) is 70.5 cm³/mol. The second kappa shape index (κ2) is 5.50. The number of halogens is 3. The SMILES string of the molecule is O=C(Oc1ccc(F)cc1Br)c1ccccc1Cl. The molecule has 0 fully saturated rings. The summed E-state index contributed by atoms with van der Waals surface area (Å²) >= 11 is 8.99. The van der Waals surface area contributed by atoms with Gasteiger partial charge in [0.15, 0.2) is 0 Å². The molecule has 2 nitrogen and oxygen atoms in total. The maximum absolute atomic E-state index is 12.9. The highest BCUT2D eigenvalue weighted by molar-refractivity contribution is 9.10. The molecule has 2 rings (SSSR count). The zero-order valence-corrected chi connectivity index (χ0v) is 11.3. The van der Waals surface area contributed by atoms with Crippen molar-refractivity contribution < 1.29 is 13.9 Å². The zero-order valence-electron chi connectivity index (χ0n) is 8.99. The Morgan fingerprint density at radius 1 is 1.22 bits per heavy atom. The summed E-state index contributed by atoms with van der Waals surface area (Å²) in [5, 5.41) is 0.306. The molecule has 0 saturated carbocycles. The monoisotopic (exact) mass is 328 g/mol. The van der Waals surface area contributed by atoms with Crippen molar-refractivity contribution in [3.8, 4) is 5.75 Å². The molecule has 0 heterocycles. The van der Waals surface area contributed by atoms with Crippen LogP contribution in [-0.2, 0) is 0 Å². The van der Waals surface area contributed by atoms with Crippen molar-refractivity contribution in [2.45, 2.75) is 0 Å². The van der Waals surface area contributed by atoms with Gasteiger partial charge in [-0.2, -0.15) is 0 Å². The highest BCUT2D eigenvalue weighted by Crippen LogP contribution is 2.27. The Morgan fingerprint density at radius 2 is 1.94 bits per heavy atom. The highest BCUT2D eigenvalue weighted by atomic mass is 79.9. The van der Waals surface area contributed by atoms with Gasteiger partial charge >= 0.3 is 5.97 Å². The van der Waals surface area contributed by atoms with Crippen LogP contribution < -0.4 is 4.74 Å². The van der Waals surface area contributed by atoms with Crippen LogP contribution in [0.15, 0.2) is 46.9 Å². The molecule has 0 N–H and O–H groups in total. The molecule has 0 atom stereocenters. The van der Waals surface area contributed by atoms with Crippen LogP contribution in [0.5, 0.6) is 5.75 Å². The van der Waals surface area contributed by atoms with Crippen molar-refractivity contribution in [2.75, 3.05) is 0 Å². The van der Waals surface area contributed by atoms with Crippen molar-refractivity contribution in [3.05, 3.63) is 63.3 Å². The van der Waals surface area contributed by atoms with Crippen molar-refractivity contribution in [3.63, 3.8) is 0 Å². The Morgan fingerprint density at radius 3 is 2.61 bits per heavy atom. The molecule has 0 bridgehead atoms. The molecule has 0 aliphatic heterocycles. The van der Waals surface area contributed by atoms with Crippen LogP contribution in [-0.4, -0.2) is 5.97 Å². The van der Waals surface area contributed by atoms with E-state index in [2.05, 4.69) is 15.9 Å². The van der Waals surface area contributed by atoms with Gasteiger partial charge in [-0.1, -0.05) is 23.7 Å².